The lowest BCUT2D eigenvalue weighted by molar-refractivity contribution is 0.0670. The summed E-state index contributed by atoms with van der Waals surface area (Å²) in [5, 5.41) is 10.4. The minimum absolute atomic E-state index is 0.161. The molecule has 1 atom stereocenters. The van der Waals surface area contributed by atoms with E-state index in [1.807, 2.05) is 16.7 Å². The van der Waals surface area contributed by atoms with Crippen LogP contribution in [0.5, 0.6) is 0 Å². The fraction of sp³-hybridized carbons (Fsp3) is 0.500. The van der Waals surface area contributed by atoms with Crippen molar-refractivity contribution in [1.82, 2.24) is 4.90 Å². The minimum atomic E-state index is -1.15. The quantitative estimate of drug-likeness (QED) is 0.654. The van der Waals surface area contributed by atoms with Crippen LogP contribution >= 0.6 is 11.8 Å². The maximum atomic E-state index is 12.9. The van der Waals surface area contributed by atoms with Crippen molar-refractivity contribution in [2.75, 3.05) is 31.1 Å². The van der Waals surface area contributed by atoms with Gasteiger partial charge in [0.25, 0.3) is 0 Å². The molecule has 1 aliphatic rings. The Morgan fingerprint density at radius 1 is 1.40 bits per heavy atom. The van der Waals surface area contributed by atoms with Crippen LogP contribution in [-0.4, -0.2) is 47.1 Å². The molecule has 1 aromatic carbocycles. The summed E-state index contributed by atoms with van der Waals surface area (Å²) in [6.45, 7) is 3.59. The van der Waals surface area contributed by atoms with Gasteiger partial charge in [-0.15, -0.1) is 0 Å². The SMILES string of the molecule is CC(O)(CN=C(N)N1CCSCC1)c1ccc(F)cc1. The van der Waals surface area contributed by atoms with Gasteiger partial charge >= 0.3 is 0 Å². The van der Waals surface area contributed by atoms with Gasteiger partial charge in [-0.2, -0.15) is 11.8 Å². The topological polar surface area (TPSA) is 61.9 Å². The van der Waals surface area contributed by atoms with Crippen LogP contribution in [0.3, 0.4) is 0 Å². The molecule has 0 amide bonds. The van der Waals surface area contributed by atoms with Crippen molar-refractivity contribution in [1.29, 1.82) is 0 Å². The molecule has 0 radical (unpaired) electrons. The molecule has 1 fully saturated rings. The first-order chi connectivity index (χ1) is 9.49. The van der Waals surface area contributed by atoms with Crippen LogP contribution in [0.2, 0.25) is 0 Å². The zero-order valence-electron chi connectivity index (χ0n) is 11.6. The molecule has 1 heterocycles. The molecule has 20 heavy (non-hydrogen) atoms. The third kappa shape index (κ3) is 3.86. The van der Waals surface area contributed by atoms with Crippen molar-refractivity contribution in [3.05, 3.63) is 35.6 Å². The van der Waals surface area contributed by atoms with E-state index in [4.69, 9.17) is 5.73 Å². The number of nitrogens with zero attached hydrogens (tertiary/aromatic N) is 2. The molecule has 0 saturated carbocycles. The van der Waals surface area contributed by atoms with Gasteiger partial charge in [-0.3, -0.25) is 0 Å². The highest BCUT2D eigenvalue weighted by molar-refractivity contribution is 7.99. The number of thioether (sulfide) groups is 1. The monoisotopic (exact) mass is 297 g/mol. The molecule has 6 heteroatoms. The van der Waals surface area contributed by atoms with Gasteiger partial charge in [0.15, 0.2) is 5.96 Å². The number of aliphatic imine (C=N–C) groups is 1. The highest BCUT2D eigenvalue weighted by Gasteiger charge is 2.23. The zero-order valence-corrected chi connectivity index (χ0v) is 12.4. The summed E-state index contributed by atoms with van der Waals surface area (Å²) in [5.74, 6) is 2.24. The Morgan fingerprint density at radius 3 is 2.60 bits per heavy atom. The van der Waals surface area contributed by atoms with Gasteiger partial charge in [0, 0.05) is 24.6 Å². The second kappa shape index (κ2) is 6.45. The van der Waals surface area contributed by atoms with E-state index in [-0.39, 0.29) is 12.4 Å². The molecule has 1 unspecified atom stereocenters. The fourth-order valence-electron chi connectivity index (χ4n) is 2.03. The van der Waals surface area contributed by atoms with Gasteiger partial charge in [0.05, 0.1) is 6.54 Å². The summed E-state index contributed by atoms with van der Waals surface area (Å²) in [5.41, 5.74) is 5.43. The Labute approximate surface area is 122 Å². The number of guanidine groups is 1. The first-order valence-electron chi connectivity index (χ1n) is 6.60. The average Bonchev–Trinajstić information content (AvgIpc) is 2.46. The second-order valence-electron chi connectivity index (χ2n) is 5.05. The lowest BCUT2D eigenvalue weighted by Gasteiger charge is -2.28. The molecule has 3 N–H and O–H groups in total. The number of aliphatic hydroxyl groups is 1. The summed E-state index contributed by atoms with van der Waals surface area (Å²) >= 11 is 1.90. The lowest BCUT2D eigenvalue weighted by atomic mass is 9.96. The minimum Gasteiger partial charge on any atom is -0.384 e. The highest BCUT2D eigenvalue weighted by Crippen LogP contribution is 2.21. The molecular weight excluding hydrogens is 277 g/mol. The molecule has 0 spiro atoms. The van der Waals surface area contributed by atoms with Crippen molar-refractivity contribution >= 4 is 17.7 Å². The van der Waals surface area contributed by atoms with Crippen LogP contribution in [-0.2, 0) is 5.60 Å². The summed E-state index contributed by atoms with van der Waals surface area (Å²) in [7, 11) is 0. The van der Waals surface area contributed by atoms with Crippen molar-refractivity contribution in [3.63, 3.8) is 0 Å². The van der Waals surface area contributed by atoms with E-state index in [1.165, 1.54) is 12.1 Å². The second-order valence-corrected chi connectivity index (χ2v) is 6.28. The predicted octanol–water partition coefficient (Wildman–Crippen LogP) is 1.40. The van der Waals surface area contributed by atoms with Crippen molar-refractivity contribution < 1.29 is 9.50 Å². The van der Waals surface area contributed by atoms with Gasteiger partial charge < -0.3 is 15.7 Å². The van der Waals surface area contributed by atoms with E-state index in [9.17, 15) is 9.50 Å². The average molecular weight is 297 g/mol. The van der Waals surface area contributed by atoms with Crippen LogP contribution in [0.4, 0.5) is 4.39 Å². The number of hydrogen-bond acceptors (Lipinski definition) is 3. The maximum Gasteiger partial charge on any atom is 0.191 e. The van der Waals surface area contributed by atoms with E-state index in [1.54, 1.807) is 19.1 Å². The molecule has 4 nitrogen and oxygen atoms in total. The number of benzene rings is 1. The van der Waals surface area contributed by atoms with Gasteiger partial charge in [-0.1, -0.05) is 12.1 Å². The third-order valence-corrected chi connectivity index (χ3v) is 4.29. The van der Waals surface area contributed by atoms with Crippen LogP contribution in [0.15, 0.2) is 29.3 Å². The molecule has 1 saturated heterocycles. The van der Waals surface area contributed by atoms with Crippen LogP contribution in [0, 0.1) is 5.82 Å². The summed E-state index contributed by atoms with van der Waals surface area (Å²) in [4.78, 5) is 6.31. The first-order valence-corrected chi connectivity index (χ1v) is 7.75. The molecule has 0 bridgehead atoms. The maximum absolute atomic E-state index is 12.9. The third-order valence-electron chi connectivity index (χ3n) is 3.35. The van der Waals surface area contributed by atoms with Gasteiger partial charge in [0.2, 0.25) is 0 Å². The smallest absolute Gasteiger partial charge is 0.191 e. The first kappa shape index (κ1) is 15.1. The normalized spacial score (nSPS) is 19.8. The van der Waals surface area contributed by atoms with Crippen molar-refractivity contribution in [3.8, 4) is 0 Å². The molecule has 1 aromatic rings. The molecule has 2 rings (SSSR count). The summed E-state index contributed by atoms with van der Waals surface area (Å²) < 4.78 is 12.9. The molecule has 1 aliphatic heterocycles. The zero-order chi connectivity index (χ0) is 14.6. The molecular formula is C14H20FN3OS. The van der Waals surface area contributed by atoms with Gasteiger partial charge in [-0.25, -0.2) is 9.38 Å². The highest BCUT2D eigenvalue weighted by atomic mass is 32.2. The number of halogens is 1. The Morgan fingerprint density at radius 2 is 2.00 bits per heavy atom. The molecule has 0 aromatic heterocycles. The largest absolute Gasteiger partial charge is 0.384 e. The van der Waals surface area contributed by atoms with E-state index in [2.05, 4.69) is 4.99 Å². The summed E-state index contributed by atoms with van der Waals surface area (Å²) in [6, 6.07) is 5.80. The Balaban J connectivity index is 2.01. The Bertz CT molecular complexity index is 470. The number of rotatable bonds is 3. The lowest BCUT2D eigenvalue weighted by Crippen LogP contribution is -2.43. The predicted molar refractivity (Wildman–Crippen MR) is 81.4 cm³/mol. The number of nitrogens with two attached hydrogens (primary N) is 1. The molecule has 0 aliphatic carbocycles. The van der Waals surface area contributed by atoms with Crippen molar-refractivity contribution in [2.45, 2.75) is 12.5 Å². The van der Waals surface area contributed by atoms with E-state index in [0.717, 1.165) is 24.6 Å². The molecule has 110 valence electrons. The van der Waals surface area contributed by atoms with Gasteiger partial charge in [0.1, 0.15) is 11.4 Å². The van der Waals surface area contributed by atoms with Crippen LogP contribution in [0.25, 0.3) is 0 Å². The van der Waals surface area contributed by atoms with E-state index in [0.29, 0.717) is 11.5 Å². The number of hydrogen-bond donors (Lipinski definition) is 2. The van der Waals surface area contributed by atoms with Gasteiger partial charge in [-0.05, 0) is 24.6 Å². The Hall–Kier alpha value is -1.27. The fourth-order valence-corrected chi connectivity index (χ4v) is 2.93. The van der Waals surface area contributed by atoms with E-state index < -0.39 is 5.60 Å². The van der Waals surface area contributed by atoms with Crippen LogP contribution in [0.1, 0.15) is 12.5 Å². The van der Waals surface area contributed by atoms with Crippen LogP contribution < -0.4 is 5.73 Å². The summed E-state index contributed by atoms with van der Waals surface area (Å²) in [6.07, 6.45) is 0. The van der Waals surface area contributed by atoms with E-state index >= 15 is 0 Å². The standard InChI is InChI=1S/C14H20FN3OS/c1-14(19,11-2-4-12(15)5-3-11)10-17-13(16)18-6-8-20-9-7-18/h2-5,19H,6-10H2,1H3,(H2,16,17). The Kier molecular flexibility index (Phi) is 4.88. The van der Waals surface area contributed by atoms with Crippen molar-refractivity contribution in [2.24, 2.45) is 10.7 Å².